The van der Waals surface area contributed by atoms with E-state index < -0.39 is 11.6 Å². The van der Waals surface area contributed by atoms with E-state index in [1.54, 1.807) is 30.7 Å². The van der Waals surface area contributed by atoms with Crippen molar-refractivity contribution in [1.29, 1.82) is 5.26 Å². The van der Waals surface area contributed by atoms with Crippen LogP contribution in [0.25, 0.3) is 16.8 Å². The van der Waals surface area contributed by atoms with Crippen molar-refractivity contribution in [3.8, 4) is 17.3 Å². The van der Waals surface area contributed by atoms with Crippen molar-refractivity contribution in [2.45, 2.75) is 44.2 Å². The molecule has 4 aromatic rings. The Bertz CT molecular complexity index is 1600. The van der Waals surface area contributed by atoms with E-state index in [4.69, 9.17) is 20.5 Å². The molecular weight excluding hydrogens is 554 g/mol. The molecule has 0 radical (unpaired) electrons. The molecule has 2 aliphatic rings. The Labute approximate surface area is 248 Å². The molecule has 0 bridgehead atoms. The normalized spacial score (nSPS) is 21.2. The van der Waals surface area contributed by atoms with E-state index in [1.165, 1.54) is 16.6 Å². The van der Waals surface area contributed by atoms with Crippen LogP contribution in [0.4, 0.5) is 26.1 Å². The number of aromatic nitrogens is 4. The van der Waals surface area contributed by atoms with Gasteiger partial charge in [0, 0.05) is 44.5 Å². The van der Waals surface area contributed by atoms with Crippen LogP contribution in [-0.4, -0.2) is 64.6 Å². The Morgan fingerprint density at radius 2 is 1.93 bits per heavy atom. The lowest BCUT2D eigenvalue weighted by atomic mass is 9.90. The highest BCUT2D eigenvalue weighted by Gasteiger charge is 2.34. The summed E-state index contributed by atoms with van der Waals surface area (Å²) in [4.78, 5) is 11.0. The lowest BCUT2D eigenvalue weighted by Crippen LogP contribution is -2.56. The number of piperidine rings is 1. The fourth-order valence-electron chi connectivity index (χ4n) is 6.12. The fourth-order valence-corrected chi connectivity index (χ4v) is 6.12. The summed E-state index contributed by atoms with van der Waals surface area (Å²) in [6, 6.07) is 9.91. The lowest BCUT2D eigenvalue weighted by molar-refractivity contribution is -0.00331. The first-order valence-corrected chi connectivity index (χ1v) is 14.5. The van der Waals surface area contributed by atoms with Gasteiger partial charge in [-0.1, -0.05) is 6.92 Å². The third kappa shape index (κ3) is 6.01. The van der Waals surface area contributed by atoms with Crippen LogP contribution in [0.15, 0.2) is 48.9 Å². The Morgan fingerprint density at radius 1 is 1.14 bits per heavy atom. The van der Waals surface area contributed by atoms with Gasteiger partial charge in [0.2, 0.25) is 5.95 Å². The second-order valence-electron chi connectivity index (χ2n) is 11.2. The minimum absolute atomic E-state index is 0.0692. The molecular formula is C31H34F2N8O2. The number of rotatable bonds is 8. The largest absolute Gasteiger partial charge is 0.381 e. The average Bonchev–Trinajstić information content (AvgIpc) is 3.40. The summed E-state index contributed by atoms with van der Waals surface area (Å²) >= 11 is 0. The third-order valence-corrected chi connectivity index (χ3v) is 8.23. The second-order valence-corrected chi connectivity index (χ2v) is 11.2. The number of hydrogen-bond acceptors (Lipinski definition) is 9. The molecule has 3 N–H and O–H groups in total. The van der Waals surface area contributed by atoms with E-state index in [0.29, 0.717) is 62.0 Å². The highest BCUT2D eigenvalue weighted by Crippen LogP contribution is 2.34. The van der Waals surface area contributed by atoms with Gasteiger partial charge in [0.05, 0.1) is 65.7 Å². The van der Waals surface area contributed by atoms with E-state index in [-0.39, 0.29) is 35.2 Å². The second kappa shape index (κ2) is 12.6. The molecule has 0 spiro atoms. The first-order chi connectivity index (χ1) is 20.9. The van der Waals surface area contributed by atoms with Crippen LogP contribution < -0.4 is 16.0 Å². The molecule has 2 saturated heterocycles. The van der Waals surface area contributed by atoms with E-state index in [2.05, 4.69) is 38.3 Å². The van der Waals surface area contributed by atoms with Crippen molar-refractivity contribution in [3.05, 3.63) is 66.1 Å². The summed E-state index contributed by atoms with van der Waals surface area (Å²) in [5.74, 6) is -0.730. The Kier molecular flexibility index (Phi) is 8.47. The van der Waals surface area contributed by atoms with Gasteiger partial charge < -0.3 is 25.4 Å². The number of fused-ring (bicyclic) bond motifs is 1. The number of imidazole rings is 1. The molecule has 3 atom stereocenters. The molecule has 3 aromatic heterocycles. The van der Waals surface area contributed by atoms with Gasteiger partial charge >= 0.3 is 0 Å². The summed E-state index contributed by atoms with van der Waals surface area (Å²) in [5, 5.41) is 16.7. The van der Waals surface area contributed by atoms with Crippen LogP contribution in [0, 0.1) is 28.9 Å². The minimum atomic E-state index is -0.650. The SMILES string of the molecule is C[C@H]1CN(c2ccncc2Nc2ncc3ccc(-c4c(F)cc(C5CCOCC5)cc4F)nn23)C[C@@H](N)[C@H]1OCCC#N. The summed E-state index contributed by atoms with van der Waals surface area (Å²) in [7, 11) is 0. The monoisotopic (exact) mass is 588 g/mol. The molecule has 0 saturated carbocycles. The van der Waals surface area contributed by atoms with Crippen molar-refractivity contribution in [1.82, 2.24) is 19.6 Å². The number of pyridine rings is 1. The number of ether oxygens (including phenoxy) is 2. The number of nitrogens with one attached hydrogen (secondary N) is 1. The first-order valence-electron chi connectivity index (χ1n) is 14.5. The average molecular weight is 589 g/mol. The summed E-state index contributed by atoms with van der Waals surface area (Å²) in [5.41, 5.74) is 9.35. The van der Waals surface area contributed by atoms with E-state index in [1.807, 2.05) is 6.07 Å². The van der Waals surface area contributed by atoms with Gasteiger partial charge in [0.15, 0.2) is 0 Å². The first kappa shape index (κ1) is 28.9. The van der Waals surface area contributed by atoms with Gasteiger partial charge in [-0.05, 0) is 54.7 Å². The van der Waals surface area contributed by atoms with Crippen LogP contribution >= 0.6 is 0 Å². The van der Waals surface area contributed by atoms with E-state index in [9.17, 15) is 0 Å². The maximum absolute atomic E-state index is 15.4. The molecule has 12 heteroatoms. The Balaban J connectivity index is 1.26. The molecule has 1 aromatic carbocycles. The minimum Gasteiger partial charge on any atom is -0.381 e. The molecule has 6 rings (SSSR count). The van der Waals surface area contributed by atoms with Crippen molar-refractivity contribution < 1.29 is 18.3 Å². The van der Waals surface area contributed by atoms with Crippen LogP contribution in [0.1, 0.15) is 37.7 Å². The van der Waals surface area contributed by atoms with Crippen LogP contribution in [0.2, 0.25) is 0 Å². The quantitative estimate of drug-likeness (QED) is 0.279. The molecule has 10 nitrogen and oxygen atoms in total. The van der Waals surface area contributed by atoms with E-state index >= 15 is 8.78 Å². The lowest BCUT2D eigenvalue weighted by Gasteiger charge is -2.42. The van der Waals surface area contributed by atoms with Gasteiger partial charge in [-0.25, -0.2) is 13.8 Å². The topological polar surface area (TPSA) is 127 Å². The van der Waals surface area contributed by atoms with Gasteiger partial charge in [-0.3, -0.25) is 4.98 Å². The third-order valence-electron chi connectivity index (χ3n) is 8.23. The van der Waals surface area contributed by atoms with E-state index in [0.717, 1.165) is 18.5 Å². The Morgan fingerprint density at radius 3 is 2.67 bits per heavy atom. The summed E-state index contributed by atoms with van der Waals surface area (Å²) in [6.07, 6.45) is 6.70. The smallest absolute Gasteiger partial charge is 0.229 e. The fraction of sp³-hybridized carbons (Fsp3) is 0.419. The number of nitrogens with two attached hydrogens (primary N) is 1. The molecule has 0 amide bonds. The van der Waals surface area contributed by atoms with Gasteiger partial charge in [0.1, 0.15) is 11.6 Å². The zero-order valence-corrected chi connectivity index (χ0v) is 23.9. The van der Waals surface area contributed by atoms with Crippen molar-refractivity contribution >= 4 is 22.8 Å². The molecule has 0 aliphatic carbocycles. The summed E-state index contributed by atoms with van der Waals surface area (Å²) in [6.45, 7) is 4.86. The zero-order chi connectivity index (χ0) is 29.9. The number of hydrogen-bond donors (Lipinski definition) is 2. The number of nitriles is 1. The van der Waals surface area contributed by atoms with Crippen molar-refractivity contribution in [3.63, 3.8) is 0 Å². The number of halogens is 2. The summed E-state index contributed by atoms with van der Waals surface area (Å²) < 4.78 is 43.6. The predicted molar refractivity (Wildman–Crippen MR) is 158 cm³/mol. The number of anilines is 3. The molecule has 0 unspecified atom stereocenters. The van der Waals surface area contributed by atoms with Crippen LogP contribution in [-0.2, 0) is 9.47 Å². The molecule has 2 aliphatic heterocycles. The van der Waals surface area contributed by atoms with Gasteiger partial charge in [-0.15, -0.1) is 0 Å². The van der Waals surface area contributed by atoms with Crippen molar-refractivity contribution in [2.24, 2.45) is 11.7 Å². The standard InChI is InChI=1S/C31H34F2N8O2/c1-19-17-40(18-25(35)30(19)43-10-2-8-34)28-5-9-36-16-27(28)38-31-37-15-22-3-4-26(39-41(22)31)29-23(32)13-21(14-24(29)33)20-6-11-42-12-7-20/h3-5,9,13-16,19-20,25,30H,2,6-7,10-12,17-18,35H2,1H3,(H,37,38)/t19-,25+,30-/m0/s1. The van der Waals surface area contributed by atoms with Crippen molar-refractivity contribution in [2.75, 3.05) is 43.1 Å². The molecule has 224 valence electrons. The zero-order valence-electron chi connectivity index (χ0n) is 23.9. The maximum Gasteiger partial charge on any atom is 0.229 e. The molecule has 5 heterocycles. The highest BCUT2D eigenvalue weighted by atomic mass is 19.1. The highest BCUT2D eigenvalue weighted by molar-refractivity contribution is 5.74. The van der Waals surface area contributed by atoms with Crippen LogP contribution in [0.5, 0.6) is 0 Å². The molecule has 2 fully saturated rings. The predicted octanol–water partition coefficient (Wildman–Crippen LogP) is 4.79. The molecule has 43 heavy (non-hydrogen) atoms. The Hall–Kier alpha value is -4.18. The number of nitrogens with zero attached hydrogens (tertiary/aromatic N) is 6. The van der Waals surface area contributed by atoms with Gasteiger partial charge in [-0.2, -0.15) is 14.9 Å². The maximum atomic E-state index is 15.4. The van der Waals surface area contributed by atoms with Gasteiger partial charge in [0.25, 0.3) is 0 Å². The number of benzene rings is 1. The van der Waals surface area contributed by atoms with Crippen LogP contribution in [0.3, 0.4) is 0 Å².